The van der Waals surface area contributed by atoms with E-state index in [1.807, 2.05) is 38.1 Å². The summed E-state index contributed by atoms with van der Waals surface area (Å²) in [6.45, 7) is 4.13. The molecule has 0 heterocycles. The number of benzene rings is 2. The van der Waals surface area contributed by atoms with Gasteiger partial charge in [0.05, 0.1) is 12.5 Å². The highest BCUT2D eigenvalue weighted by atomic mass is 16.5. The molecule has 1 atom stereocenters. The molecule has 0 saturated heterocycles. The van der Waals surface area contributed by atoms with Crippen molar-refractivity contribution in [3.63, 3.8) is 0 Å². The van der Waals surface area contributed by atoms with E-state index in [4.69, 9.17) is 4.74 Å². The number of esters is 1. The molecule has 0 aliphatic rings. The Morgan fingerprint density at radius 1 is 1.18 bits per heavy atom. The number of carbonyl (C=O) groups excluding carboxylic acids is 1. The summed E-state index contributed by atoms with van der Waals surface area (Å²) in [4.78, 5) is 11.7. The molecule has 0 bridgehead atoms. The molecular formula is C15H16O2. The van der Waals surface area contributed by atoms with Crippen LogP contribution in [0.4, 0.5) is 0 Å². The third-order valence-electron chi connectivity index (χ3n) is 2.91. The van der Waals surface area contributed by atoms with Gasteiger partial charge in [0.2, 0.25) is 0 Å². The summed E-state index contributed by atoms with van der Waals surface area (Å²) in [7, 11) is 0. The van der Waals surface area contributed by atoms with Crippen LogP contribution in [0.5, 0.6) is 0 Å². The van der Waals surface area contributed by atoms with Gasteiger partial charge < -0.3 is 4.74 Å². The zero-order valence-corrected chi connectivity index (χ0v) is 10.1. The van der Waals surface area contributed by atoms with Crippen LogP contribution in [0.1, 0.15) is 25.3 Å². The molecule has 0 saturated carbocycles. The van der Waals surface area contributed by atoms with Gasteiger partial charge in [-0.05, 0) is 30.2 Å². The van der Waals surface area contributed by atoms with E-state index in [1.165, 1.54) is 5.39 Å². The molecule has 0 aliphatic carbocycles. The maximum absolute atomic E-state index is 11.7. The molecule has 0 spiro atoms. The maximum Gasteiger partial charge on any atom is 0.313 e. The molecule has 0 aromatic heterocycles. The summed E-state index contributed by atoms with van der Waals surface area (Å²) < 4.78 is 5.03. The fraction of sp³-hybridized carbons (Fsp3) is 0.267. The van der Waals surface area contributed by atoms with Crippen molar-refractivity contribution in [1.29, 1.82) is 0 Å². The second kappa shape index (κ2) is 5.00. The van der Waals surface area contributed by atoms with Crippen molar-refractivity contribution in [2.75, 3.05) is 6.61 Å². The highest BCUT2D eigenvalue weighted by Crippen LogP contribution is 2.22. The van der Waals surface area contributed by atoms with Crippen molar-refractivity contribution >= 4 is 16.7 Å². The first kappa shape index (κ1) is 11.6. The SMILES string of the molecule is CCOC(=O)[C@@H](C)c1ccc2ccccc2c1. The molecule has 0 unspecified atom stereocenters. The topological polar surface area (TPSA) is 26.3 Å². The van der Waals surface area contributed by atoms with Crippen molar-refractivity contribution in [3.05, 3.63) is 48.0 Å². The molecule has 0 radical (unpaired) electrons. The maximum atomic E-state index is 11.7. The van der Waals surface area contributed by atoms with E-state index >= 15 is 0 Å². The lowest BCUT2D eigenvalue weighted by molar-refractivity contribution is -0.144. The van der Waals surface area contributed by atoms with Crippen LogP contribution < -0.4 is 0 Å². The minimum absolute atomic E-state index is 0.164. The van der Waals surface area contributed by atoms with Crippen LogP contribution in [0.15, 0.2) is 42.5 Å². The summed E-state index contributed by atoms with van der Waals surface area (Å²) >= 11 is 0. The fourth-order valence-electron chi connectivity index (χ4n) is 1.88. The second-order valence-corrected chi connectivity index (χ2v) is 4.08. The van der Waals surface area contributed by atoms with Gasteiger partial charge in [-0.1, -0.05) is 42.5 Å². The van der Waals surface area contributed by atoms with E-state index in [1.54, 1.807) is 0 Å². The summed E-state index contributed by atoms with van der Waals surface area (Å²) in [6, 6.07) is 14.2. The summed E-state index contributed by atoms with van der Waals surface area (Å²) in [5, 5.41) is 2.34. The highest BCUT2D eigenvalue weighted by molar-refractivity contribution is 5.85. The van der Waals surface area contributed by atoms with Crippen LogP contribution in [0.25, 0.3) is 10.8 Å². The quantitative estimate of drug-likeness (QED) is 0.751. The largest absolute Gasteiger partial charge is 0.466 e. The first-order valence-corrected chi connectivity index (χ1v) is 5.87. The van der Waals surface area contributed by atoms with Gasteiger partial charge in [-0.25, -0.2) is 0 Å². The van der Waals surface area contributed by atoms with E-state index in [2.05, 4.69) is 18.2 Å². The molecule has 2 heteroatoms. The lowest BCUT2D eigenvalue weighted by Crippen LogP contribution is -2.12. The van der Waals surface area contributed by atoms with Crippen LogP contribution in [0, 0.1) is 0 Å². The molecule has 2 aromatic carbocycles. The first-order valence-electron chi connectivity index (χ1n) is 5.87. The van der Waals surface area contributed by atoms with Crippen LogP contribution in [-0.4, -0.2) is 12.6 Å². The van der Waals surface area contributed by atoms with Gasteiger partial charge >= 0.3 is 5.97 Å². The van der Waals surface area contributed by atoms with Crippen LogP contribution in [0.3, 0.4) is 0 Å². The van der Waals surface area contributed by atoms with Crippen molar-refractivity contribution in [3.8, 4) is 0 Å². The summed E-state index contributed by atoms with van der Waals surface area (Å²) in [5.41, 5.74) is 1.00. The van der Waals surface area contributed by atoms with E-state index in [9.17, 15) is 4.79 Å². The number of carbonyl (C=O) groups is 1. The van der Waals surface area contributed by atoms with Gasteiger partial charge in [-0.3, -0.25) is 4.79 Å². The molecule has 0 fully saturated rings. The van der Waals surface area contributed by atoms with Gasteiger partial charge in [-0.2, -0.15) is 0 Å². The third kappa shape index (κ3) is 2.47. The van der Waals surface area contributed by atoms with E-state index < -0.39 is 0 Å². The second-order valence-electron chi connectivity index (χ2n) is 4.08. The molecule has 88 valence electrons. The predicted octanol–water partition coefficient (Wildman–Crippen LogP) is 3.51. The lowest BCUT2D eigenvalue weighted by Gasteiger charge is -2.11. The molecule has 0 N–H and O–H groups in total. The fourth-order valence-corrected chi connectivity index (χ4v) is 1.88. The van der Waals surface area contributed by atoms with E-state index in [-0.39, 0.29) is 11.9 Å². The molecule has 17 heavy (non-hydrogen) atoms. The van der Waals surface area contributed by atoms with Crippen LogP contribution >= 0.6 is 0 Å². The monoisotopic (exact) mass is 228 g/mol. The molecule has 0 aliphatic heterocycles. The molecular weight excluding hydrogens is 212 g/mol. The smallest absolute Gasteiger partial charge is 0.313 e. The predicted molar refractivity (Wildman–Crippen MR) is 69.0 cm³/mol. The van der Waals surface area contributed by atoms with Gasteiger partial charge in [0.1, 0.15) is 0 Å². The Kier molecular flexibility index (Phi) is 3.43. The van der Waals surface area contributed by atoms with Crippen LogP contribution in [0.2, 0.25) is 0 Å². The number of ether oxygens (including phenoxy) is 1. The zero-order valence-electron chi connectivity index (χ0n) is 10.1. The Morgan fingerprint density at radius 3 is 2.59 bits per heavy atom. The van der Waals surface area contributed by atoms with Crippen molar-refractivity contribution < 1.29 is 9.53 Å². The average Bonchev–Trinajstić information content (AvgIpc) is 2.37. The van der Waals surface area contributed by atoms with Gasteiger partial charge in [0.15, 0.2) is 0 Å². The standard InChI is InChI=1S/C15H16O2/c1-3-17-15(16)11(2)13-9-8-12-6-4-5-7-14(12)10-13/h4-11H,3H2,1-2H3/t11-/m0/s1. The summed E-state index contributed by atoms with van der Waals surface area (Å²) in [6.07, 6.45) is 0. The van der Waals surface area contributed by atoms with Gasteiger partial charge in [0.25, 0.3) is 0 Å². The number of hydrogen-bond donors (Lipinski definition) is 0. The Labute approximate surface area is 101 Å². The Hall–Kier alpha value is -1.83. The Bertz CT molecular complexity index is 531. The van der Waals surface area contributed by atoms with E-state index in [0.717, 1.165) is 10.9 Å². The van der Waals surface area contributed by atoms with Gasteiger partial charge in [0, 0.05) is 0 Å². The highest BCUT2D eigenvalue weighted by Gasteiger charge is 2.16. The van der Waals surface area contributed by atoms with E-state index in [0.29, 0.717) is 6.61 Å². The number of fused-ring (bicyclic) bond motifs is 1. The van der Waals surface area contributed by atoms with Gasteiger partial charge in [-0.15, -0.1) is 0 Å². The minimum atomic E-state index is -0.209. The lowest BCUT2D eigenvalue weighted by atomic mass is 9.98. The molecule has 2 rings (SSSR count). The third-order valence-corrected chi connectivity index (χ3v) is 2.91. The number of hydrogen-bond acceptors (Lipinski definition) is 2. The molecule has 0 amide bonds. The van der Waals surface area contributed by atoms with Crippen molar-refractivity contribution in [2.45, 2.75) is 19.8 Å². The normalized spacial score (nSPS) is 12.4. The Balaban J connectivity index is 2.32. The van der Waals surface area contributed by atoms with Crippen LogP contribution in [-0.2, 0) is 9.53 Å². The van der Waals surface area contributed by atoms with Crippen molar-refractivity contribution in [2.24, 2.45) is 0 Å². The minimum Gasteiger partial charge on any atom is -0.466 e. The Morgan fingerprint density at radius 2 is 1.88 bits per heavy atom. The molecule has 2 aromatic rings. The van der Waals surface area contributed by atoms with Crippen molar-refractivity contribution in [1.82, 2.24) is 0 Å². The number of rotatable bonds is 3. The average molecular weight is 228 g/mol. The zero-order chi connectivity index (χ0) is 12.3. The summed E-state index contributed by atoms with van der Waals surface area (Å²) in [5.74, 6) is -0.373. The first-order chi connectivity index (χ1) is 8.22. The molecule has 2 nitrogen and oxygen atoms in total.